The normalized spacial score (nSPS) is 11.8. The van der Waals surface area contributed by atoms with Crippen LogP contribution < -0.4 is 10.5 Å². The van der Waals surface area contributed by atoms with Gasteiger partial charge in [-0.25, -0.2) is 13.1 Å². The Bertz CT molecular complexity index is 749. The molecule has 1 aromatic carbocycles. The number of nitrogens with one attached hydrogen (secondary N) is 1. The summed E-state index contributed by atoms with van der Waals surface area (Å²) in [5, 5.41) is 0. The predicted molar refractivity (Wildman–Crippen MR) is 86.9 cm³/mol. The van der Waals surface area contributed by atoms with Crippen LogP contribution in [0.3, 0.4) is 0 Å². The van der Waals surface area contributed by atoms with E-state index < -0.39 is 10.0 Å². The second-order valence-electron chi connectivity index (χ2n) is 5.09. The highest BCUT2D eigenvalue weighted by molar-refractivity contribution is 7.89. The molecule has 4 nitrogen and oxygen atoms in total. The summed E-state index contributed by atoms with van der Waals surface area (Å²) in [6, 6.07) is 7.46. The van der Waals surface area contributed by atoms with E-state index in [2.05, 4.69) is 4.72 Å². The summed E-state index contributed by atoms with van der Waals surface area (Å²) in [7, 11) is -3.53. The van der Waals surface area contributed by atoms with E-state index in [4.69, 9.17) is 5.73 Å². The summed E-state index contributed by atoms with van der Waals surface area (Å²) in [5.74, 6) is 0. The minimum absolute atomic E-state index is 0.307. The van der Waals surface area contributed by atoms with Crippen LogP contribution in [0, 0.1) is 20.8 Å². The maximum Gasteiger partial charge on any atom is 0.241 e. The van der Waals surface area contributed by atoms with Crippen molar-refractivity contribution >= 4 is 21.4 Å². The van der Waals surface area contributed by atoms with Gasteiger partial charge in [-0.15, -0.1) is 11.3 Å². The molecule has 0 aliphatic carbocycles. The molecule has 0 atom stereocenters. The van der Waals surface area contributed by atoms with E-state index in [-0.39, 0.29) is 0 Å². The fourth-order valence-corrected chi connectivity index (χ4v) is 4.41. The van der Waals surface area contributed by atoms with Gasteiger partial charge in [0.2, 0.25) is 10.0 Å². The number of thiophene rings is 1. The molecular weight excluding hydrogens is 304 g/mol. The first kappa shape index (κ1) is 16.2. The van der Waals surface area contributed by atoms with Crippen molar-refractivity contribution < 1.29 is 8.42 Å². The first-order valence-electron chi connectivity index (χ1n) is 6.68. The monoisotopic (exact) mass is 324 g/mol. The number of hydrogen-bond donors (Lipinski definition) is 2. The Balaban J connectivity index is 2.27. The third-order valence-electron chi connectivity index (χ3n) is 3.38. The lowest BCUT2D eigenvalue weighted by atomic mass is 10.1. The summed E-state index contributed by atoms with van der Waals surface area (Å²) in [6.45, 7) is 6.38. The van der Waals surface area contributed by atoms with E-state index in [1.165, 1.54) is 4.88 Å². The van der Waals surface area contributed by atoms with Gasteiger partial charge in [0, 0.05) is 22.8 Å². The summed E-state index contributed by atoms with van der Waals surface area (Å²) >= 11 is 1.59. The average Bonchev–Trinajstić information content (AvgIpc) is 2.82. The molecule has 0 amide bonds. The van der Waals surface area contributed by atoms with E-state index >= 15 is 0 Å². The Hall–Kier alpha value is -1.21. The van der Waals surface area contributed by atoms with Crippen LogP contribution in [0.1, 0.15) is 26.4 Å². The molecule has 0 spiro atoms. The van der Waals surface area contributed by atoms with Crippen molar-refractivity contribution in [2.75, 3.05) is 0 Å². The van der Waals surface area contributed by atoms with Crippen molar-refractivity contribution in [2.24, 2.45) is 5.73 Å². The zero-order valence-electron chi connectivity index (χ0n) is 12.4. The average molecular weight is 324 g/mol. The summed E-state index contributed by atoms with van der Waals surface area (Å²) in [5.41, 5.74) is 8.27. The number of hydrogen-bond acceptors (Lipinski definition) is 4. The van der Waals surface area contributed by atoms with Gasteiger partial charge in [-0.3, -0.25) is 0 Å². The molecule has 114 valence electrons. The molecule has 21 heavy (non-hydrogen) atoms. The molecule has 3 N–H and O–H groups in total. The smallest absolute Gasteiger partial charge is 0.241 e. The third-order valence-corrected chi connectivity index (χ3v) is 5.92. The zero-order chi connectivity index (χ0) is 15.6. The fourth-order valence-electron chi connectivity index (χ4n) is 2.21. The number of nitrogens with two attached hydrogens (primary N) is 1. The lowest BCUT2D eigenvalue weighted by Gasteiger charge is -2.12. The van der Waals surface area contributed by atoms with Crippen LogP contribution >= 0.6 is 11.3 Å². The van der Waals surface area contributed by atoms with Gasteiger partial charge >= 0.3 is 0 Å². The van der Waals surface area contributed by atoms with Crippen molar-refractivity contribution in [3.63, 3.8) is 0 Å². The Labute approximate surface area is 130 Å². The van der Waals surface area contributed by atoms with Gasteiger partial charge in [-0.1, -0.05) is 6.07 Å². The molecule has 0 aliphatic heterocycles. The highest BCUT2D eigenvalue weighted by atomic mass is 32.2. The summed E-state index contributed by atoms with van der Waals surface area (Å²) in [4.78, 5) is 2.47. The zero-order valence-corrected chi connectivity index (χ0v) is 14.1. The summed E-state index contributed by atoms with van der Waals surface area (Å²) < 4.78 is 27.6. The highest BCUT2D eigenvalue weighted by Crippen LogP contribution is 2.21. The van der Waals surface area contributed by atoms with Crippen LogP contribution in [0.5, 0.6) is 0 Å². The van der Waals surface area contributed by atoms with Gasteiger partial charge < -0.3 is 5.73 Å². The number of aryl methyl sites for hydroxylation is 3. The molecule has 0 unspecified atom stereocenters. The quantitative estimate of drug-likeness (QED) is 0.888. The summed E-state index contributed by atoms with van der Waals surface area (Å²) in [6.07, 6.45) is 0. The topological polar surface area (TPSA) is 72.2 Å². The minimum Gasteiger partial charge on any atom is -0.326 e. The second kappa shape index (κ2) is 6.27. The molecule has 6 heteroatoms. The maximum absolute atomic E-state index is 12.5. The molecule has 1 aromatic heterocycles. The first-order chi connectivity index (χ1) is 9.83. The molecule has 0 bridgehead atoms. The van der Waals surface area contributed by atoms with Crippen LogP contribution in [0.25, 0.3) is 0 Å². The second-order valence-corrected chi connectivity index (χ2v) is 8.19. The van der Waals surface area contributed by atoms with Crippen LogP contribution in [0.4, 0.5) is 0 Å². The van der Waals surface area contributed by atoms with Gasteiger partial charge in [-0.05, 0) is 55.7 Å². The van der Waals surface area contributed by atoms with E-state index in [0.717, 1.165) is 21.6 Å². The molecule has 0 saturated heterocycles. The van der Waals surface area contributed by atoms with E-state index in [1.807, 2.05) is 32.0 Å². The Kier molecular flexibility index (Phi) is 4.83. The van der Waals surface area contributed by atoms with Crippen LogP contribution in [0.15, 0.2) is 29.2 Å². The predicted octanol–water partition coefficient (Wildman–Crippen LogP) is 2.61. The Morgan fingerprint density at radius 1 is 1.14 bits per heavy atom. The SMILES string of the molecule is Cc1ccc(CNS(=O)(=O)c2cc(CN)c(C)cc2C)s1. The van der Waals surface area contributed by atoms with E-state index in [9.17, 15) is 8.42 Å². The van der Waals surface area contributed by atoms with E-state index in [1.54, 1.807) is 24.3 Å². The van der Waals surface area contributed by atoms with Gasteiger partial charge in [0.1, 0.15) is 0 Å². The van der Waals surface area contributed by atoms with Crippen molar-refractivity contribution in [2.45, 2.75) is 38.8 Å². The van der Waals surface area contributed by atoms with Crippen LogP contribution in [0.2, 0.25) is 0 Å². The Morgan fingerprint density at radius 2 is 1.86 bits per heavy atom. The third kappa shape index (κ3) is 3.71. The molecule has 2 aromatic rings. The molecule has 0 radical (unpaired) electrons. The molecule has 1 heterocycles. The lowest BCUT2D eigenvalue weighted by Crippen LogP contribution is -2.24. The van der Waals surface area contributed by atoms with Crippen molar-refractivity contribution in [3.05, 3.63) is 50.7 Å². The van der Waals surface area contributed by atoms with Crippen molar-refractivity contribution in [1.29, 1.82) is 0 Å². The molecule has 0 aliphatic rings. The maximum atomic E-state index is 12.5. The van der Waals surface area contributed by atoms with Crippen LogP contribution in [-0.2, 0) is 23.1 Å². The van der Waals surface area contributed by atoms with E-state index in [0.29, 0.717) is 18.0 Å². The Morgan fingerprint density at radius 3 is 2.43 bits per heavy atom. The number of benzene rings is 1. The number of sulfonamides is 1. The van der Waals surface area contributed by atoms with Crippen molar-refractivity contribution in [1.82, 2.24) is 4.72 Å². The first-order valence-corrected chi connectivity index (χ1v) is 8.98. The fraction of sp³-hybridized carbons (Fsp3) is 0.333. The van der Waals surface area contributed by atoms with Crippen LogP contribution in [-0.4, -0.2) is 8.42 Å². The molecule has 0 fully saturated rings. The minimum atomic E-state index is -3.53. The molecule has 0 saturated carbocycles. The van der Waals surface area contributed by atoms with Gasteiger partial charge in [0.05, 0.1) is 4.90 Å². The van der Waals surface area contributed by atoms with Gasteiger partial charge in [0.15, 0.2) is 0 Å². The standard InChI is InChI=1S/C15H20N2O2S2/c1-10-6-11(2)15(7-13(10)8-16)21(18,19)17-9-14-5-4-12(3)20-14/h4-7,17H,8-9,16H2,1-3H3. The molecular formula is C15H20N2O2S2. The van der Waals surface area contributed by atoms with Gasteiger partial charge in [0.25, 0.3) is 0 Å². The number of rotatable bonds is 5. The molecule has 2 rings (SSSR count). The lowest BCUT2D eigenvalue weighted by molar-refractivity contribution is 0.581. The highest BCUT2D eigenvalue weighted by Gasteiger charge is 2.18. The largest absolute Gasteiger partial charge is 0.326 e. The van der Waals surface area contributed by atoms with Crippen molar-refractivity contribution in [3.8, 4) is 0 Å². The van der Waals surface area contributed by atoms with Gasteiger partial charge in [-0.2, -0.15) is 0 Å².